The SMILES string of the molecule is [C-]#[N+]c1ccc(S(=O)(=O)N2CCC(c3cc(F)cc4c3CN(C3CCC(=O)NC3=O)C4=O)CC2)cc1Cl. The highest BCUT2D eigenvalue weighted by Gasteiger charge is 2.41. The molecule has 2 fully saturated rings. The number of nitrogens with one attached hydrogen (secondary N) is 1. The van der Waals surface area contributed by atoms with Gasteiger partial charge < -0.3 is 4.90 Å². The molecule has 1 N–H and O–H groups in total. The number of hydrogen-bond donors (Lipinski definition) is 1. The summed E-state index contributed by atoms with van der Waals surface area (Å²) < 4.78 is 42.3. The Kier molecular flexibility index (Phi) is 6.52. The second kappa shape index (κ2) is 9.52. The van der Waals surface area contributed by atoms with E-state index in [4.69, 9.17) is 18.2 Å². The van der Waals surface area contributed by atoms with Crippen molar-refractivity contribution in [3.05, 3.63) is 69.3 Å². The average molecular weight is 545 g/mol. The van der Waals surface area contributed by atoms with Crippen LogP contribution in [-0.4, -0.2) is 54.5 Å². The van der Waals surface area contributed by atoms with Gasteiger partial charge >= 0.3 is 0 Å². The number of carbonyl (C=O) groups excluding carboxylic acids is 3. The first-order valence-electron chi connectivity index (χ1n) is 11.7. The Hall–Kier alpha value is -3.33. The van der Waals surface area contributed by atoms with E-state index in [0.29, 0.717) is 24.0 Å². The van der Waals surface area contributed by atoms with Gasteiger partial charge in [-0.2, -0.15) is 4.31 Å². The van der Waals surface area contributed by atoms with Crippen molar-refractivity contribution in [2.45, 2.75) is 49.1 Å². The van der Waals surface area contributed by atoms with E-state index in [-0.39, 0.29) is 65.5 Å². The first-order valence-corrected chi connectivity index (χ1v) is 13.6. The summed E-state index contributed by atoms with van der Waals surface area (Å²) in [6.45, 7) is 7.57. The Labute approximate surface area is 218 Å². The van der Waals surface area contributed by atoms with Crippen LogP contribution in [0, 0.1) is 12.4 Å². The van der Waals surface area contributed by atoms with Crippen LogP contribution in [0.15, 0.2) is 35.2 Å². The number of fused-ring (bicyclic) bond motifs is 1. The van der Waals surface area contributed by atoms with E-state index >= 15 is 0 Å². The van der Waals surface area contributed by atoms with E-state index in [9.17, 15) is 27.2 Å². The van der Waals surface area contributed by atoms with Gasteiger partial charge in [0.15, 0.2) is 0 Å². The second-order valence-electron chi connectivity index (χ2n) is 9.32. The molecule has 2 aromatic rings. The number of sulfonamides is 1. The van der Waals surface area contributed by atoms with Crippen molar-refractivity contribution in [2.24, 2.45) is 0 Å². The zero-order chi connectivity index (χ0) is 26.5. The number of carbonyl (C=O) groups is 3. The van der Waals surface area contributed by atoms with E-state index in [1.165, 1.54) is 39.5 Å². The zero-order valence-electron chi connectivity index (χ0n) is 19.5. The molecule has 37 heavy (non-hydrogen) atoms. The van der Waals surface area contributed by atoms with Gasteiger partial charge in [0.1, 0.15) is 11.9 Å². The van der Waals surface area contributed by atoms with Crippen LogP contribution in [0.3, 0.4) is 0 Å². The van der Waals surface area contributed by atoms with E-state index in [1.54, 1.807) is 0 Å². The van der Waals surface area contributed by atoms with Gasteiger partial charge in [-0.1, -0.05) is 23.7 Å². The fourth-order valence-corrected chi connectivity index (χ4v) is 7.10. The van der Waals surface area contributed by atoms with Crippen molar-refractivity contribution >= 4 is 45.0 Å². The van der Waals surface area contributed by atoms with Gasteiger partial charge in [-0.15, -0.1) is 0 Å². The molecule has 1 atom stereocenters. The molecule has 2 saturated heterocycles. The van der Waals surface area contributed by atoms with Crippen LogP contribution in [0.2, 0.25) is 5.02 Å². The molecule has 5 rings (SSSR count). The second-order valence-corrected chi connectivity index (χ2v) is 11.7. The number of benzene rings is 2. The Morgan fingerprint density at radius 3 is 2.46 bits per heavy atom. The highest BCUT2D eigenvalue weighted by molar-refractivity contribution is 7.89. The number of halogens is 2. The lowest BCUT2D eigenvalue weighted by Gasteiger charge is -2.32. The molecule has 0 saturated carbocycles. The van der Waals surface area contributed by atoms with Crippen molar-refractivity contribution < 1.29 is 27.2 Å². The summed E-state index contributed by atoms with van der Waals surface area (Å²) in [6, 6.07) is 5.75. The van der Waals surface area contributed by atoms with E-state index in [0.717, 1.165) is 0 Å². The van der Waals surface area contributed by atoms with E-state index < -0.39 is 33.7 Å². The first-order chi connectivity index (χ1) is 17.6. The maximum absolute atomic E-state index is 14.6. The van der Waals surface area contributed by atoms with Gasteiger partial charge in [0, 0.05) is 36.6 Å². The summed E-state index contributed by atoms with van der Waals surface area (Å²) in [6.07, 6.45) is 1.15. The molecule has 1 unspecified atom stereocenters. The molecule has 0 aliphatic carbocycles. The maximum Gasteiger partial charge on any atom is 0.255 e. The first kappa shape index (κ1) is 25.3. The van der Waals surface area contributed by atoms with Crippen LogP contribution in [-0.2, 0) is 26.2 Å². The van der Waals surface area contributed by atoms with Gasteiger partial charge in [-0.05, 0) is 54.5 Å². The molecule has 3 amide bonds. The number of piperidine rings is 2. The highest BCUT2D eigenvalue weighted by Crippen LogP contribution is 2.39. The van der Waals surface area contributed by atoms with Gasteiger partial charge in [0.25, 0.3) is 5.91 Å². The fourth-order valence-electron chi connectivity index (χ4n) is 5.31. The number of imide groups is 1. The summed E-state index contributed by atoms with van der Waals surface area (Å²) in [5, 5.41) is 2.32. The van der Waals surface area contributed by atoms with E-state index in [1.807, 2.05) is 0 Å². The van der Waals surface area contributed by atoms with Crippen molar-refractivity contribution in [2.75, 3.05) is 13.1 Å². The summed E-state index contributed by atoms with van der Waals surface area (Å²) >= 11 is 6.04. The lowest BCUT2D eigenvalue weighted by molar-refractivity contribution is -0.136. The minimum absolute atomic E-state index is 0.000441. The summed E-state index contributed by atoms with van der Waals surface area (Å²) in [5.41, 5.74) is 1.64. The fraction of sp³-hybridized carbons (Fsp3) is 0.360. The van der Waals surface area contributed by atoms with Crippen molar-refractivity contribution in [1.29, 1.82) is 0 Å². The number of hydrogen-bond acceptors (Lipinski definition) is 5. The normalized spacial score (nSPS) is 21.1. The number of amides is 3. The zero-order valence-corrected chi connectivity index (χ0v) is 21.1. The predicted octanol–water partition coefficient (Wildman–Crippen LogP) is 3.36. The Morgan fingerprint density at radius 2 is 1.81 bits per heavy atom. The van der Waals surface area contributed by atoms with Crippen molar-refractivity contribution in [3.63, 3.8) is 0 Å². The maximum atomic E-state index is 14.6. The number of nitrogens with zero attached hydrogens (tertiary/aromatic N) is 3. The van der Waals surface area contributed by atoms with E-state index in [2.05, 4.69) is 10.2 Å². The largest absolute Gasteiger partial charge is 0.322 e. The molecule has 9 nitrogen and oxygen atoms in total. The van der Waals surface area contributed by atoms with Gasteiger partial charge in [0.2, 0.25) is 27.5 Å². The van der Waals surface area contributed by atoms with Gasteiger partial charge in [-0.3, -0.25) is 19.7 Å². The van der Waals surface area contributed by atoms with Crippen LogP contribution < -0.4 is 5.32 Å². The third kappa shape index (κ3) is 4.50. The standard InChI is InChI=1S/C25H22ClFN4O5S/c1-28-21-3-2-16(12-20(21)26)37(35,36)30-8-6-14(7-9-30)17-10-15(27)11-18-19(17)13-31(25(18)34)22-4-5-23(32)29-24(22)33/h2-3,10-12,14,22H,4-9,13H2,(H,29,32,33). The monoisotopic (exact) mass is 544 g/mol. The molecule has 192 valence electrons. The van der Waals surface area contributed by atoms with Crippen LogP contribution in [0.4, 0.5) is 10.1 Å². The topological polar surface area (TPSA) is 108 Å². The molecule has 3 aliphatic heterocycles. The average Bonchev–Trinajstić information content (AvgIpc) is 3.19. The summed E-state index contributed by atoms with van der Waals surface area (Å²) in [4.78, 5) is 41.6. The molecule has 3 aliphatic rings. The third-order valence-electron chi connectivity index (χ3n) is 7.23. The van der Waals surface area contributed by atoms with Crippen LogP contribution in [0.5, 0.6) is 0 Å². The molecule has 0 bridgehead atoms. The van der Waals surface area contributed by atoms with Crippen LogP contribution >= 0.6 is 11.6 Å². The minimum Gasteiger partial charge on any atom is -0.322 e. The lowest BCUT2D eigenvalue weighted by atomic mass is 9.86. The molecule has 0 aromatic heterocycles. The van der Waals surface area contributed by atoms with Crippen molar-refractivity contribution in [1.82, 2.24) is 14.5 Å². The van der Waals surface area contributed by atoms with Gasteiger partial charge in [-0.25, -0.2) is 17.7 Å². The Morgan fingerprint density at radius 1 is 1.08 bits per heavy atom. The molecule has 2 aromatic carbocycles. The van der Waals surface area contributed by atoms with Crippen LogP contribution in [0.1, 0.15) is 53.1 Å². The van der Waals surface area contributed by atoms with Crippen molar-refractivity contribution in [3.8, 4) is 0 Å². The van der Waals surface area contributed by atoms with Crippen LogP contribution in [0.25, 0.3) is 4.85 Å². The summed E-state index contributed by atoms with van der Waals surface area (Å²) in [7, 11) is -3.84. The molecule has 0 radical (unpaired) electrons. The minimum atomic E-state index is -3.84. The smallest absolute Gasteiger partial charge is 0.255 e. The van der Waals surface area contributed by atoms with Gasteiger partial charge in [0.05, 0.1) is 11.5 Å². The third-order valence-corrected chi connectivity index (χ3v) is 9.42. The highest BCUT2D eigenvalue weighted by atomic mass is 35.5. The molecule has 3 heterocycles. The number of rotatable bonds is 4. The molecular weight excluding hydrogens is 523 g/mol. The Bertz CT molecular complexity index is 1480. The quantitative estimate of drug-likeness (QED) is 0.469. The molecular formula is C25H22ClFN4O5S. The lowest BCUT2D eigenvalue weighted by Crippen LogP contribution is -2.52. The Balaban J connectivity index is 1.35. The molecule has 0 spiro atoms. The molecule has 12 heteroatoms. The summed E-state index contributed by atoms with van der Waals surface area (Å²) in [5.74, 6) is -2.13. The predicted molar refractivity (Wildman–Crippen MR) is 131 cm³/mol.